The Balaban J connectivity index is 2.16. The van der Waals surface area contributed by atoms with Gasteiger partial charge in [-0.15, -0.1) is 0 Å². The normalized spacial score (nSPS) is 10.9. The van der Waals surface area contributed by atoms with Gasteiger partial charge in [0.25, 0.3) is 0 Å². The van der Waals surface area contributed by atoms with Gasteiger partial charge < -0.3 is 10.4 Å². The number of carboxylic acid groups (broad SMARTS) is 1. The van der Waals surface area contributed by atoms with E-state index in [-0.39, 0.29) is 10.8 Å². The third-order valence-corrected chi connectivity index (χ3v) is 3.60. The van der Waals surface area contributed by atoms with E-state index in [2.05, 4.69) is 15.4 Å². The lowest BCUT2D eigenvalue weighted by atomic mass is 10.2. The molecule has 0 aliphatic rings. The van der Waals surface area contributed by atoms with Crippen LogP contribution in [0.2, 0.25) is 10.2 Å². The molecule has 0 aliphatic carbocycles. The first-order valence-electron chi connectivity index (χ1n) is 6.27. The fourth-order valence-corrected chi connectivity index (χ4v) is 2.51. The first kappa shape index (κ1) is 14.6. The maximum absolute atomic E-state index is 11.1. The van der Waals surface area contributed by atoms with Crippen molar-refractivity contribution in [1.82, 2.24) is 14.6 Å². The van der Waals surface area contributed by atoms with Crippen molar-refractivity contribution >= 4 is 46.3 Å². The molecule has 1 aromatic carbocycles. The Morgan fingerprint density at radius 1 is 1.32 bits per heavy atom. The summed E-state index contributed by atoms with van der Waals surface area (Å²) in [5.74, 6) is -0.666. The van der Waals surface area contributed by atoms with Crippen molar-refractivity contribution in [1.29, 1.82) is 0 Å². The van der Waals surface area contributed by atoms with Gasteiger partial charge >= 0.3 is 5.97 Å². The Morgan fingerprint density at radius 3 is 2.77 bits per heavy atom. The molecule has 2 heterocycles. The Morgan fingerprint density at radius 2 is 2.09 bits per heavy atom. The number of fused-ring (bicyclic) bond motifs is 1. The third-order valence-electron chi connectivity index (χ3n) is 3.09. The number of nitrogens with zero attached hydrogens (tertiary/aromatic N) is 3. The van der Waals surface area contributed by atoms with Crippen LogP contribution >= 0.6 is 23.2 Å². The zero-order chi connectivity index (χ0) is 15.9. The Kier molecular flexibility index (Phi) is 3.64. The maximum Gasteiger partial charge on any atom is 0.356 e. The van der Waals surface area contributed by atoms with E-state index in [1.54, 1.807) is 12.1 Å². The van der Waals surface area contributed by atoms with E-state index in [1.807, 2.05) is 19.1 Å². The van der Waals surface area contributed by atoms with Gasteiger partial charge in [-0.3, -0.25) is 0 Å². The van der Waals surface area contributed by atoms with Crippen LogP contribution in [0.3, 0.4) is 0 Å². The smallest absolute Gasteiger partial charge is 0.356 e. The van der Waals surface area contributed by atoms with Gasteiger partial charge in [0, 0.05) is 12.1 Å². The average Bonchev–Trinajstić information content (AvgIpc) is 2.87. The number of aromatic nitrogens is 3. The number of hydrogen-bond donors (Lipinski definition) is 2. The number of hydrogen-bond acceptors (Lipinski definition) is 4. The molecule has 0 amide bonds. The van der Waals surface area contributed by atoms with Crippen molar-refractivity contribution in [2.45, 2.75) is 6.92 Å². The fourth-order valence-electron chi connectivity index (χ4n) is 2.06. The van der Waals surface area contributed by atoms with Crippen molar-refractivity contribution in [3.05, 3.63) is 51.8 Å². The van der Waals surface area contributed by atoms with Crippen molar-refractivity contribution in [2.75, 3.05) is 5.32 Å². The van der Waals surface area contributed by atoms with E-state index in [1.165, 1.54) is 10.6 Å². The summed E-state index contributed by atoms with van der Waals surface area (Å²) < 4.78 is 1.37. The minimum Gasteiger partial charge on any atom is -0.476 e. The number of nitrogens with one attached hydrogen (secondary N) is 1. The summed E-state index contributed by atoms with van der Waals surface area (Å²) in [6.45, 7) is 1.90. The van der Waals surface area contributed by atoms with Crippen LogP contribution in [0.15, 0.2) is 30.3 Å². The monoisotopic (exact) mass is 336 g/mol. The predicted octanol–water partition coefficient (Wildman–Crippen LogP) is 3.79. The number of carbonyl (C=O) groups is 1. The van der Waals surface area contributed by atoms with E-state index in [4.69, 9.17) is 28.3 Å². The average molecular weight is 337 g/mol. The van der Waals surface area contributed by atoms with Gasteiger partial charge in [-0.25, -0.2) is 9.78 Å². The molecule has 6 nitrogen and oxygen atoms in total. The van der Waals surface area contributed by atoms with E-state index in [0.717, 1.165) is 5.56 Å². The Labute approximate surface area is 135 Å². The minimum atomic E-state index is -1.14. The highest BCUT2D eigenvalue weighted by molar-refractivity contribution is 6.33. The zero-order valence-corrected chi connectivity index (χ0v) is 12.9. The van der Waals surface area contributed by atoms with Gasteiger partial charge in [0.2, 0.25) is 0 Å². The quantitative estimate of drug-likeness (QED) is 0.711. The van der Waals surface area contributed by atoms with Gasteiger partial charge in [-0.05, 0) is 18.6 Å². The predicted molar refractivity (Wildman–Crippen MR) is 84.4 cm³/mol. The van der Waals surface area contributed by atoms with Crippen LogP contribution in [-0.4, -0.2) is 25.7 Å². The molecule has 0 radical (unpaired) electrons. The number of rotatable bonds is 3. The molecule has 0 saturated carbocycles. The molecular formula is C14H10Cl2N4O2. The van der Waals surface area contributed by atoms with Gasteiger partial charge in [-0.2, -0.15) is 9.61 Å². The number of aryl methyl sites for hydroxylation is 1. The molecule has 22 heavy (non-hydrogen) atoms. The van der Waals surface area contributed by atoms with E-state index in [9.17, 15) is 4.79 Å². The summed E-state index contributed by atoms with van der Waals surface area (Å²) in [6, 6.07) is 8.39. The molecule has 0 bridgehead atoms. The van der Waals surface area contributed by atoms with Crippen LogP contribution < -0.4 is 5.32 Å². The maximum atomic E-state index is 11.1. The van der Waals surface area contributed by atoms with E-state index < -0.39 is 5.97 Å². The molecule has 2 aromatic heterocycles. The SMILES string of the molecule is Cc1cccc(Cl)c1Nc1cc(Cl)nc2cc(C(=O)O)nn12. The van der Waals surface area contributed by atoms with Crippen molar-refractivity contribution in [3.63, 3.8) is 0 Å². The van der Waals surface area contributed by atoms with Gasteiger partial charge in [0.15, 0.2) is 11.3 Å². The molecular weight excluding hydrogens is 327 g/mol. The standard InChI is InChI=1S/C14H10Cl2N4O2/c1-7-3-2-4-8(15)13(7)18-12-6-10(16)17-11-5-9(14(21)22)19-20(11)12/h2-6,18H,1H3,(H,21,22). The molecule has 0 spiro atoms. The highest BCUT2D eigenvalue weighted by Gasteiger charge is 2.14. The van der Waals surface area contributed by atoms with E-state index >= 15 is 0 Å². The number of aromatic carboxylic acids is 1. The first-order valence-corrected chi connectivity index (χ1v) is 7.03. The fraction of sp³-hybridized carbons (Fsp3) is 0.0714. The van der Waals surface area contributed by atoms with Crippen LogP contribution in [0.5, 0.6) is 0 Å². The summed E-state index contributed by atoms with van der Waals surface area (Å²) in [5.41, 5.74) is 1.84. The molecule has 0 aliphatic heterocycles. The van der Waals surface area contributed by atoms with Crippen LogP contribution in [-0.2, 0) is 0 Å². The first-order chi connectivity index (χ1) is 10.5. The topological polar surface area (TPSA) is 79.5 Å². The number of benzene rings is 1. The highest BCUT2D eigenvalue weighted by Crippen LogP contribution is 2.29. The highest BCUT2D eigenvalue weighted by atomic mass is 35.5. The van der Waals surface area contributed by atoms with Crippen LogP contribution in [0.4, 0.5) is 11.5 Å². The molecule has 3 aromatic rings. The van der Waals surface area contributed by atoms with Gasteiger partial charge in [0.05, 0.1) is 10.7 Å². The lowest BCUT2D eigenvalue weighted by molar-refractivity contribution is 0.0690. The summed E-state index contributed by atoms with van der Waals surface area (Å²) >= 11 is 12.2. The molecule has 0 atom stereocenters. The largest absolute Gasteiger partial charge is 0.476 e. The Hall–Kier alpha value is -2.31. The lowest BCUT2D eigenvalue weighted by Crippen LogP contribution is -2.04. The second kappa shape index (κ2) is 5.47. The second-order valence-corrected chi connectivity index (χ2v) is 5.42. The Bertz CT molecular complexity index is 872. The lowest BCUT2D eigenvalue weighted by Gasteiger charge is -2.12. The summed E-state index contributed by atoms with van der Waals surface area (Å²) in [5, 5.41) is 16.9. The van der Waals surface area contributed by atoms with Crippen molar-refractivity contribution < 1.29 is 9.90 Å². The zero-order valence-electron chi connectivity index (χ0n) is 11.3. The van der Waals surface area contributed by atoms with Gasteiger partial charge in [-0.1, -0.05) is 35.3 Å². The van der Waals surface area contributed by atoms with Crippen LogP contribution in [0.25, 0.3) is 5.65 Å². The number of carboxylic acids is 1. The van der Waals surface area contributed by atoms with Crippen molar-refractivity contribution in [3.8, 4) is 0 Å². The molecule has 3 rings (SSSR count). The second-order valence-electron chi connectivity index (χ2n) is 4.63. The van der Waals surface area contributed by atoms with Crippen LogP contribution in [0.1, 0.15) is 16.1 Å². The summed E-state index contributed by atoms with van der Waals surface area (Å²) in [7, 11) is 0. The summed E-state index contributed by atoms with van der Waals surface area (Å²) in [6.07, 6.45) is 0. The number of halogens is 2. The molecule has 0 unspecified atom stereocenters. The third kappa shape index (κ3) is 2.58. The van der Waals surface area contributed by atoms with Crippen molar-refractivity contribution in [2.24, 2.45) is 0 Å². The summed E-state index contributed by atoms with van der Waals surface area (Å²) in [4.78, 5) is 15.1. The molecule has 2 N–H and O–H groups in total. The number of anilines is 2. The molecule has 0 fully saturated rings. The van der Waals surface area contributed by atoms with Gasteiger partial charge in [0.1, 0.15) is 11.0 Å². The number of para-hydroxylation sites is 1. The molecule has 0 saturated heterocycles. The van der Waals surface area contributed by atoms with Crippen LogP contribution in [0, 0.1) is 6.92 Å². The molecule has 112 valence electrons. The molecule has 8 heteroatoms. The minimum absolute atomic E-state index is 0.117. The van der Waals surface area contributed by atoms with E-state index in [0.29, 0.717) is 22.2 Å².